The van der Waals surface area contributed by atoms with Gasteiger partial charge >= 0.3 is 11.8 Å². The molecule has 2 amide bonds. The molecule has 1 aromatic carbocycles. The highest BCUT2D eigenvalue weighted by molar-refractivity contribution is 6.39. The van der Waals surface area contributed by atoms with Crippen LogP contribution in [0.1, 0.15) is 38.3 Å². The van der Waals surface area contributed by atoms with Crippen LogP contribution >= 0.6 is 0 Å². The summed E-state index contributed by atoms with van der Waals surface area (Å²) in [5, 5.41) is 14.2. The maximum Gasteiger partial charge on any atom is 0.313 e. The van der Waals surface area contributed by atoms with Crippen LogP contribution in [-0.4, -0.2) is 29.6 Å². The molecule has 0 aliphatic carbocycles. The number of carbonyl (C=O) groups is 2. The highest BCUT2D eigenvalue weighted by Gasteiger charge is 2.13. The minimum absolute atomic E-state index is 0.277. The fourth-order valence-corrected chi connectivity index (χ4v) is 2.04. The van der Waals surface area contributed by atoms with Gasteiger partial charge in [0.25, 0.3) is 0 Å². The zero-order valence-electron chi connectivity index (χ0n) is 12.9. The predicted molar refractivity (Wildman–Crippen MR) is 83.1 cm³/mol. The summed E-state index contributed by atoms with van der Waals surface area (Å²) in [5.41, 5.74) is 3.04. The molecular formula is C16H24N2O3. The Morgan fingerprint density at radius 3 is 2.38 bits per heavy atom. The van der Waals surface area contributed by atoms with Crippen molar-refractivity contribution in [2.45, 2.75) is 46.1 Å². The Bertz CT molecular complexity index is 498. The van der Waals surface area contributed by atoms with Crippen LogP contribution in [0.3, 0.4) is 0 Å². The average Bonchev–Trinajstić information content (AvgIpc) is 2.46. The van der Waals surface area contributed by atoms with Crippen molar-refractivity contribution in [1.82, 2.24) is 5.32 Å². The van der Waals surface area contributed by atoms with Crippen molar-refractivity contribution in [3.63, 3.8) is 0 Å². The van der Waals surface area contributed by atoms with E-state index in [4.69, 9.17) is 5.11 Å². The number of aliphatic hydroxyl groups is 1. The first-order valence-electron chi connectivity index (χ1n) is 7.36. The van der Waals surface area contributed by atoms with Gasteiger partial charge in [-0.3, -0.25) is 9.59 Å². The Labute approximate surface area is 125 Å². The van der Waals surface area contributed by atoms with Crippen molar-refractivity contribution in [1.29, 1.82) is 0 Å². The molecule has 0 heterocycles. The van der Waals surface area contributed by atoms with Crippen LogP contribution in [0.4, 0.5) is 5.69 Å². The highest BCUT2D eigenvalue weighted by atomic mass is 16.3. The summed E-state index contributed by atoms with van der Waals surface area (Å²) in [6, 6.07) is 5.68. The third kappa shape index (κ3) is 5.55. The molecule has 116 valence electrons. The molecule has 5 nitrogen and oxygen atoms in total. The van der Waals surface area contributed by atoms with E-state index in [1.54, 1.807) is 13.0 Å². The summed E-state index contributed by atoms with van der Waals surface area (Å²) < 4.78 is 0. The summed E-state index contributed by atoms with van der Waals surface area (Å²) in [4.78, 5) is 23.4. The standard InChI is InChI=1S/C16H24N2O3/c1-4-12-6-7-14(10-13(12)5-2)18-16(21)15(20)17-9-8-11(3)19/h6-7,10-11,19H,4-5,8-9H2,1-3H3,(H,17,20)(H,18,21). The van der Waals surface area contributed by atoms with Gasteiger partial charge in [0.05, 0.1) is 6.10 Å². The van der Waals surface area contributed by atoms with Crippen molar-refractivity contribution >= 4 is 17.5 Å². The molecule has 0 fully saturated rings. The third-order valence-electron chi connectivity index (χ3n) is 3.28. The number of aliphatic hydroxyl groups excluding tert-OH is 1. The minimum Gasteiger partial charge on any atom is -0.393 e. The van der Waals surface area contributed by atoms with E-state index in [-0.39, 0.29) is 6.54 Å². The molecule has 0 aromatic heterocycles. The lowest BCUT2D eigenvalue weighted by atomic mass is 10.0. The Kier molecular flexibility index (Phi) is 6.88. The van der Waals surface area contributed by atoms with Gasteiger partial charge < -0.3 is 15.7 Å². The van der Waals surface area contributed by atoms with E-state index in [9.17, 15) is 9.59 Å². The molecule has 1 unspecified atom stereocenters. The van der Waals surface area contributed by atoms with Crippen LogP contribution < -0.4 is 10.6 Å². The van der Waals surface area contributed by atoms with Crippen LogP contribution in [0.25, 0.3) is 0 Å². The molecule has 0 saturated carbocycles. The fraction of sp³-hybridized carbons (Fsp3) is 0.500. The highest BCUT2D eigenvalue weighted by Crippen LogP contribution is 2.17. The Hall–Kier alpha value is -1.88. The molecule has 1 atom stereocenters. The van der Waals surface area contributed by atoms with Crippen LogP contribution in [0.15, 0.2) is 18.2 Å². The lowest BCUT2D eigenvalue weighted by Gasteiger charge is -2.10. The lowest BCUT2D eigenvalue weighted by Crippen LogP contribution is -2.36. The summed E-state index contributed by atoms with van der Waals surface area (Å²) in [5.74, 6) is -1.37. The van der Waals surface area contributed by atoms with Crippen molar-refractivity contribution in [2.75, 3.05) is 11.9 Å². The van der Waals surface area contributed by atoms with E-state index in [1.807, 2.05) is 12.1 Å². The van der Waals surface area contributed by atoms with Gasteiger partial charge in [-0.2, -0.15) is 0 Å². The molecule has 1 rings (SSSR count). The van der Waals surface area contributed by atoms with E-state index in [0.29, 0.717) is 12.1 Å². The van der Waals surface area contributed by atoms with Gasteiger partial charge in [-0.05, 0) is 49.4 Å². The molecular weight excluding hydrogens is 268 g/mol. The van der Waals surface area contributed by atoms with Gasteiger partial charge in [-0.15, -0.1) is 0 Å². The van der Waals surface area contributed by atoms with Crippen molar-refractivity contribution < 1.29 is 14.7 Å². The van der Waals surface area contributed by atoms with Crippen molar-refractivity contribution in [2.24, 2.45) is 0 Å². The second kappa shape index (κ2) is 8.42. The van der Waals surface area contributed by atoms with Crippen LogP contribution in [0.2, 0.25) is 0 Å². The lowest BCUT2D eigenvalue weighted by molar-refractivity contribution is -0.136. The van der Waals surface area contributed by atoms with Crippen molar-refractivity contribution in [3.05, 3.63) is 29.3 Å². The van der Waals surface area contributed by atoms with E-state index < -0.39 is 17.9 Å². The number of amides is 2. The van der Waals surface area contributed by atoms with Crippen LogP contribution in [0, 0.1) is 0 Å². The van der Waals surface area contributed by atoms with Crippen molar-refractivity contribution in [3.8, 4) is 0 Å². The third-order valence-corrected chi connectivity index (χ3v) is 3.28. The molecule has 5 heteroatoms. The topological polar surface area (TPSA) is 78.4 Å². The molecule has 0 spiro atoms. The molecule has 3 N–H and O–H groups in total. The molecule has 0 radical (unpaired) electrons. The monoisotopic (exact) mass is 292 g/mol. The minimum atomic E-state index is -0.688. The van der Waals surface area contributed by atoms with Gasteiger partial charge in [0.15, 0.2) is 0 Å². The number of nitrogens with one attached hydrogen (secondary N) is 2. The number of anilines is 1. The second-order valence-corrected chi connectivity index (χ2v) is 5.04. The first-order valence-corrected chi connectivity index (χ1v) is 7.36. The van der Waals surface area contributed by atoms with Gasteiger partial charge in [0, 0.05) is 12.2 Å². The van der Waals surface area contributed by atoms with Crippen LogP contribution in [-0.2, 0) is 22.4 Å². The molecule has 21 heavy (non-hydrogen) atoms. The Morgan fingerprint density at radius 2 is 1.81 bits per heavy atom. The molecule has 0 bridgehead atoms. The predicted octanol–water partition coefficient (Wildman–Crippen LogP) is 1.64. The first-order chi connectivity index (χ1) is 9.97. The van der Waals surface area contributed by atoms with E-state index >= 15 is 0 Å². The summed E-state index contributed by atoms with van der Waals surface area (Å²) in [7, 11) is 0. The van der Waals surface area contributed by atoms with E-state index in [2.05, 4.69) is 24.5 Å². The quantitative estimate of drug-likeness (QED) is 0.697. The summed E-state index contributed by atoms with van der Waals surface area (Å²) >= 11 is 0. The zero-order chi connectivity index (χ0) is 15.8. The van der Waals surface area contributed by atoms with E-state index in [1.165, 1.54) is 11.1 Å². The smallest absolute Gasteiger partial charge is 0.313 e. The Morgan fingerprint density at radius 1 is 1.14 bits per heavy atom. The largest absolute Gasteiger partial charge is 0.393 e. The first kappa shape index (κ1) is 17.2. The summed E-state index contributed by atoms with van der Waals surface area (Å²) in [6.07, 6.45) is 1.75. The maximum atomic E-state index is 11.8. The average molecular weight is 292 g/mol. The second-order valence-electron chi connectivity index (χ2n) is 5.04. The zero-order valence-corrected chi connectivity index (χ0v) is 12.9. The van der Waals surface area contributed by atoms with E-state index in [0.717, 1.165) is 12.8 Å². The number of aryl methyl sites for hydroxylation is 2. The number of carbonyl (C=O) groups excluding carboxylic acids is 2. The number of rotatable bonds is 6. The number of hydrogen-bond donors (Lipinski definition) is 3. The fourth-order valence-electron chi connectivity index (χ4n) is 2.04. The Balaban J connectivity index is 2.60. The number of benzene rings is 1. The van der Waals surface area contributed by atoms with Crippen LogP contribution in [0.5, 0.6) is 0 Å². The number of hydrogen-bond acceptors (Lipinski definition) is 3. The SMILES string of the molecule is CCc1ccc(NC(=O)C(=O)NCCC(C)O)cc1CC. The van der Waals surface area contributed by atoms with Gasteiger partial charge in [-0.25, -0.2) is 0 Å². The molecule has 1 aromatic rings. The van der Waals surface area contributed by atoms with Gasteiger partial charge in [-0.1, -0.05) is 19.9 Å². The van der Waals surface area contributed by atoms with Gasteiger partial charge in [0.2, 0.25) is 0 Å². The molecule has 0 aliphatic heterocycles. The molecule has 0 aliphatic rings. The molecule has 0 saturated heterocycles. The maximum absolute atomic E-state index is 11.8. The van der Waals surface area contributed by atoms with Gasteiger partial charge in [0.1, 0.15) is 0 Å². The normalized spacial score (nSPS) is 11.8. The summed E-state index contributed by atoms with van der Waals surface area (Å²) in [6.45, 7) is 6.05.